The molecule has 28 heavy (non-hydrogen) atoms. The average Bonchev–Trinajstić information content (AvgIpc) is 3.30. The molecule has 2 atom stereocenters. The van der Waals surface area contributed by atoms with Crippen molar-refractivity contribution in [3.63, 3.8) is 0 Å². The summed E-state index contributed by atoms with van der Waals surface area (Å²) < 4.78 is 11.8. The summed E-state index contributed by atoms with van der Waals surface area (Å²) >= 11 is 0. The summed E-state index contributed by atoms with van der Waals surface area (Å²) in [5.74, 6) is 2.22. The molecule has 0 radical (unpaired) electrons. The van der Waals surface area contributed by atoms with E-state index in [1.165, 1.54) is 25.7 Å². The van der Waals surface area contributed by atoms with Gasteiger partial charge in [-0.1, -0.05) is 12.1 Å². The maximum absolute atomic E-state index is 12.5. The van der Waals surface area contributed by atoms with E-state index in [4.69, 9.17) is 9.47 Å². The molecule has 1 aliphatic carbocycles. The fourth-order valence-electron chi connectivity index (χ4n) is 5.04. The number of ether oxygens (including phenoxy) is 2. The highest BCUT2D eigenvalue weighted by molar-refractivity contribution is 5.85. The van der Waals surface area contributed by atoms with Gasteiger partial charge in [0.05, 0.1) is 13.2 Å². The van der Waals surface area contributed by atoms with Crippen molar-refractivity contribution in [3.05, 3.63) is 23.8 Å². The van der Waals surface area contributed by atoms with E-state index in [0.29, 0.717) is 31.0 Å². The topological polar surface area (TPSA) is 59.6 Å². The molecule has 3 aliphatic rings. The molecule has 1 amide bonds. The van der Waals surface area contributed by atoms with Gasteiger partial charge in [-0.25, -0.2) is 0 Å². The van der Waals surface area contributed by atoms with Crippen LogP contribution in [0.4, 0.5) is 0 Å². The summed E-state index contributed by atoms with van der Waals surface area (Å²) in [6.45, 7) is 0.496. The first-order chi connectivity index (χ1) is 13.2. The summed E-state index contributed by atoms with van der Waals surface area (Å²) in [7, 11) is 1.67. The Bertz CT molecular complexity index is 651. The average molecular weight is 409 g/mol. The van der Waals surface area contributed by atoms with Gasteiger partial charge in [0, 0.05) is 30.6 Å². The Balaban J connectivity index is 0.00000225. The predicted molar refractivity (Wildman–Crippen MR) is 112 cm³/mol. The Hall–Kier alpha value is -1.46. The second-order valence-corrected chi connectivity index (χ2v) is 8.43. The molecule has 0 spiro atoms. The number of amides is 1. The molecule has 3 fully saturated rings. The Morgan fingerprint density at radius 1 is 1.14 bits per heavy atom. The van der Waals surface area contributed by atoms with Crippen LogP contribution in [-0.2, 0) is 11.3 Å². The van der Waals surface area contributed by atoms with Crippen LogP contribution >= 0.6 is 12.4 Å². The van der Waals surface area contributed by atoms with E-state index in [1.807, 2.05) is 18.2 Å². The van der Waals surface area contributed by atoms with E-state index in [-0.39, 0.29) is 24.4 Å². The summed E-state index contributed by atoms with van der Waals surface area (Å²) in [5, 5.41) is 6.76. The van der Waals surface area contributed by atoms with Crippen molar-refractivity contribution < 1.29 is 14.3 Å². The number of nitrogens with one attached hydrogen (secondary N) is 2. The molecule has 2 aliphatic heterocycles. The molecule has 2 bridgehead atoms. The molecule has 4 rings (SSSR count). The SMILES string of the molecule is COc1cccc(CNC(=O)CC2CC3CCC(C2)N3)c1OC1CCCC1.Cl. The van der Waals surface area contributed by atoms with Crippen molar-refractivity contribution in [1.82, 2.24) is 10.6 Å². The van der Waals surface area contributed by atoms with E-state index < -0.39 is 0 Å². The molecule has 0 aromatic heterocycles. The van der Waals surface area contributed by atoms with E-state index >= 15 is 0 Å². The minimum absolute atomic E-state index is 0. The maximum Gasteiger partial charge on any atom is 0.220 e. The van der Waals surface area contributed by atoms with Gasteiger partial charge in [-0.15, -0.1) is 12.4 Å². The third-order valence-corrected chi connectivity index (χ3v) is 6.39. The monoisotopic (exact) mass is 408 g/mol. The van der Waals surface area contributed by atoms with Gasteiger partial charge >= 0.3 is 0 Å². The number of carbonyl (C=O) groups excluding carboxylic acids is 1. The van der Waals surface area contributed by atoms with Crippen molar-refractivity contribution in [2.45, 2.75) is 82.5 Å². The lowest BCUT2D eigenvalue weighted by atomic mass is 9.89. The second kappa shape index (κ2) is 9.84. The minimum atomic E-state index is 0. The molecule has 2 heterocycles. The number of hydrogen-bond donors (Lipinski definition) is 2. The number of para-hydroxylation sites is 1. The Morgan fingerprint density at radius 3 is 2.54 bits per heavy atom. The smallest absolute Gasteiger partial charge is 0.220 e. The van der Waals surface area contributed by atoms with Gasteiger partial charge in [-0.2, -0.15) is 0 Å². The quantitative estimate of drug-likeness (QED) is 0.716. The van der Waals surface area contributed by atoms with Crippen molar-refractivity contribution in [2.24, 2.45) is 5.92 Å². The van der Waals surface area contributed by atoms with Gasteiger partial charge < -0.3 is 20.1 Å². The number of rotatable bonds is 7. The van der Waals surface area contributed by atoms with Gasteiger partial charge in [-0.3, -0.25) is 4.79 Å². The number of carbonyl (C=O) groups is 1. The van der Waals surface area contributed by atoms with Crippen LogP contribution in [-0.4, -0.2) is 31.2 Å². The lowest BCUT2D eigenvalue weighted by Crippen LogP contribution is -2.39. The lowest BCUT2D eigenvalue weighted by Gasteiger charge is -2.28. The fourth-order valence-corrected chi connectivity index (χ4v) is 5.04. The fraction of sp³-hybridized carbons (Fsp3) is 0.682. The van der Waals surface area contributed by atoms with Crippen LogP contribution < -0.4 is 20.1 Å². The van der Waals surface area contributed by atoms with Crippen LogP contribution in [0.2, 0.25) is 0 Å². The van der Waals surface area contributed by atoms with E-state index in [9.17, 15) is 4.79 Å². The number of halogens is 1. The molecule has 2 N–H and O–H groups in total. The van der Waals surface area contributed by atoms with Crippen LogP contribution in [0.3, 0.4) is 0 Å². The van der Waals surface area contributed by atoms with Crippen molar-refractivity contribution in [1.29, 1.82) is 0 Å². The third-order valence-electron chi connectivity index (χ3n) is 6.39. The van der Waals surface area contributed by atoms with E-state index in [1.54, 1.807) is 7.11 Å². The van der Waals surface area contributed by atoms with Crippen molar-refractivity contribution in [2.75, 3.05) is 7.11 Å². The van der Waals surface area contributed by atoms with Gasteiger partial charge in [0.1, 0.15) is 0 Å². The van der Waals surface area contributed by atoms with Crippen LogP contribution in [0.5, 0.6) is 11.5 Å². The zero-order valence-corrected chi connectivity index (χ0v) is 17.6. The summed E-state index contributed by atoms with van der Waals surface area (Å²) in [4.78, 5) is 12.5. The van der Waals surface area contributed by atoms with Gasteiger partial charge in [0.15, 0.2) is 11.5 Å². The molecular weight excluding hydrogens is 376 g/mol. The molecule has 2 unspecified atom stereocenters. The highest BCUT2D eigenvalue weighted by Gasteiger charge is 2.34. The first-order valence-electron chi connectivity index (χ1n) is 10.6. The number of hydrogen-bond acceptors (Lipinski definition) is 4. The molecule has 1 aromatic carbocycles. The summed E-state index contributed by atoms with van der Waals surface area (Å²) in [6, 6.07) is 7.18. The maximum atomic E-state index is 12.5. The molecular formula is C22H33ClN2O3. The highest BCUT2D eigenvalue weighted by atomic mass is 35.5. The largest absolute Gasteiger partial charge is 0.493 e. The molecule has 2 saturated heterocycles. The van der Waals surface area contributed by atoms with Gasteiger partial charge in [-0.05, 0) is 63.4 Å². The van der Waals surface area contributed by atoms with Gasteiger partial charge in [0.2, 0.25) is 5.91 Å². The predicted octanol–water partition coefficient (Wildman–Crippen LogP) is 3.98. The third kappa shape index (κ3) is 5.12. The van der Waals surface area contributed by atoms with Gasteiger partial charge in [0.25, 0.3) is 0 Å². The summed E-state index contributed by atoms with van der Waals surface area (Å²) in [6.07, 6.45) is 10.4. The highest BCUT2D eigenvalue weighted by Crippen LogP contribution is 2.35. The van der Waals surface area contributed by atoms with Crippen LogP contribution in [0.25, 0.3) is 0 Å². The molecule has 6 heteroatoms. The number of fused-ring (bicyclic) bond motifs is 2. The van der Waals surface area contributed by atoms with Crippen LogP contribution in [0.1, 0.15) is 63.4 Å². The standard InChI is InChI=1S/C22H32N2O3.ClH/c1-26-20-8-4-5-16(22(20)27-19-6-2-3-7-19)14-23-21(25)13-15-11-17-9-10-18(12-15)24-17;/h4-5,8,15,17-19,24H,2-3,6-7,9-14H2,1H3,(H,23,25);1H. The zero-order valence-electron chi connectivity index (χ0n) is 16.7. The summed E-state index contributed by atoms with van der Waals surface area (Å²) in [5.41, 5.74) is 1.000. The van der Waals surface area contributed by atoms with Crippen molar-refractivity contribution >= 4 is 18.3 Å². The molecule has 156 valence electrons. The van der Waals surface area contributed by atoms with E-state index in [2.05, 4.69) is 10.6 Å². The number of methoxy groups -OCH3 is 1. The van der Waals surface area contributed by atoms with E-state index in [0.717, 1.165) is 42.7 Å². The Morgan fingerprint density at radius 2 is 1.86 bits per heavy atom. The minimum Gasteiger partial charge on any atom is -0.493 e. The Labute approximate surface area is 174 Å². The molecule has 5 nitrogen and oxygen atoms in total. The number of piperidine rings is 1. The second-order valence-electron chi connectivity index (χ2n) is 8.43. The Kier molecular flexibility index (Phi) is 7.47. The van der Waals surface area contributed by atoms with Crippen LogP contribution in [0.15, 0.2) is 18.2 Å². The number of benzene rings is 1. The van der Waals surface area contributed by atoms with Crippen molar-refractivity contribution in [3.8, 4) is 11.5 Å². The normalized spacial score (nSPS) is 26.5. The molecule has 1 aromatic rings. The van der Waals surface area contributed by atoms with Crippen LogP contribution in [0, 0.1) is 5.92 Å². The lowest BCUT2D eigenvalue weighted by molar-refractivity contribution is -0.122. The first-order valence-corrected chi connectivity index (χ1v) is 10.6. The zero-order chi connectivity index (χ0) is 18.6. The molecule has 1 saturated carbocycles. The first kappa shape index (κ1) is 21.3.